The summed E-state index contributed by atoms with van der Waals surface area (Å²) in [6, 6.07) is 6.96. The maximum atomic E-state index is 14.4. The molecule has 0 aliphatic carbocycles. The van der Waals surface area contributed by atoms with Gasteiger partial charge in [-0.1, -0.05) is 12.1 Å². The number of benzene rings is 1. The predicted molar refractivity (Wildman–Crippen MR) is 287 cm³/mol. The lowest BCUT2D eigenvalue weighted by molar-refractivity contribution is -0.164. The first-order valence-corrected chi connectivity index (χ1v) is 26.8. The second-order valence-electron chi connectivity index (χ2n) is 24.0. The van der Waals surface area contributed by atoms with Gasteiger partial charge in [-0.25, -0.2) is 14.2 Å². The average Bonchev–Trinajstić information content (AvgIpc) is 3.88. The van der Waals surface area contributed by atoms with Crippen molar-refractivity contribution in [2.24, 2.45) is 0 Å². The zero-order chi connectivity index (χ0) is 58.2. The number of amides is 2. The van der Waals surface area contributed by atoms with Crippen molar-refractivity contribution in [2.45, 2.75) is 209 Å². The van der Waals surface area contributed by atoms with E-state index in [1.807, 2.05) is 17.0 Å². The van der Waals surface area contributed by atoms with Crippen molar-refractivity contribution in [3.63, 3.8) is 0 Å². The Labute approximate surface area is 456 Å². The third kappa shape index (κ3) is 27.1. The molecule has 22 nitrogen and oxygen atoms in total. The van der Waals surface area contributed by atoms with Crippen LogP contribution in [0.15, 0.2) is 49.1 Å². The van der Waals surface area contributed by atoms with Crippen LogP contribution in [0.1, 0.15) is 160 Å². The molecule has 0 spiro atoms. The topological polar surface area (TPSA) is 269 Å². The Morgan fingerprint density at radius 2 is 0.948 bits per heavy atom. The molecule has 0 radical (unpaired) electrons. The third-order valence-electron chi connectivity index (χ3n) is 10.7. The number of nitrogens with one attached hydrogen (secondary N) is 2. The smallest absolute Gasteiger partial charge is 0.326 e. The summed E-state index contributed by atoms with van der Waals surface area (Å²) >= 11 is -2.26. The van der Waals surface area contributed by atoms with Gasteiger partial charge in [-0.15, -0.1) is 0 Å². The van der Waals surface area contributed by atoms with Gasteiger partial charge in [0.15, 0.2) is 0 Å². The molecule has 1 aromatic carbocycles. The van der Waals surface area contributed by atoms with E-state index in [1.165, 1.54) is 6.20 Å². The van der Waals surface area contributed by atoms with Crippen LogP contribution < -0.4 is 10.0 Å². The van der Waals surface area contributed by atoms with Crippen LogP contribution in [0.2, 0.25) is 0 Å². The Hall–Kier alpha value is -6.20. The molecule has 1 atom stereocenters. The van der Waals surface area contributed by atoms with Crippen LogP contribution in [-0.2, 0) is 101 Å². The molecule has 0 saturated heterocycles. The molecule has 2 aromatic heterocycles. The number of nitrogens with zero attached hydrogens (tertiary/aromatic N) is 6. The van der Waals surface area contributed by atoms with Gasteiger partial charge in [0.1, 0.15) is 65.8 Å². The van der Waals surface area contributed by atoms with Gasteiger partial charge in [-0.3, -0.25) is 47.7 Å². The van der Waals surface area contributed by atoms with Crippen LogP contribution >= 0.6 is 0 Å². The average molecular weight is 1100 g/mol. The molecule has 0 aliphatic heterocycles. The lowest BCUT2D eigenvalue weighted by atomic mass is 9.83. The summed E-state index contributed by atoms with van der Waals surface area (Å²) in [5.74, 6) is -3.18. The van der Waals surface area contributed by atoms with Gasteiger partial charge in [0, 0.05) is 61.8 Å². The van der Waals surface area contributed by atoms with E-state index in [0.717, 1.165) is 10.5 Å². The van der Waals surface area contributed by atoms with E-state index in [-0.39, 0.29) is 64.7 Å². The zero-order valence-corrected chi connectivity index (χ0v) is 48.7. The lowest BCUT2D eigenvalue weighted by Gasteiger charge is -2.36. The fourth-order valence-corrected chi connectivity index (χ4v) is 8.14. The van der Waals surface area contributed by atoms with Crippen molar-refractivity contribution >= 4 is 58.6 Å². The molecular weight excluding hydrogens is 1020 g/mol. The number of hydrogen-bond donors (Lipinski definition) is 3. The minimum atomic E-state index is -2.26. The van der Waals surface area contributed by atoms with Crippen LogP contribution in [0.25, 0.3) is 0 Å². The number of rotatable bonds is 27. The van der Waals surface area contributed by atoms with E-state index in [2.05, 4.69) is 20.0 Å². The minimum Gasteiger partial charge on any atom is -0.460 e. The Balaban J connectivity index is 2.01. The maximum absolute atomic E-state index is 14.4. The van der Waals surface area contributed by atoms with E-state index < -0.39 is 99.6 Å². The van der Waals surface area contributed by atoms with Gasteiger partial charge in [-0.2, -0.15) is 0 Å². The molecule has 0 aliphatic rings. The van der Waals surface area contributed by atoms with Crippen molar-refractivity contribution in [2.75, 3.05) is 24.4 Å². The summed E-state index contributed by atoms with van der Waals surface area (Å²) in [6.07, 6.45) is 6.42. The molecular formula is C54H84N8O14S. The Morgan fingerprint density at radius 1 is 0.571 bits per heavy atom. The molecule has 430 valence electrons. The van der Waals surface area contributed by atoms with Gasteiger partial charge < -0.3 is 43.0 Å². The first-order valence-electron chi connectivity index (χ1n) is 25.7. The second kappa shape index (κ2) is 27.9. The molecule has 2 heterocycles. The van der Waals surface area contributed by atoms with E-state index in [9.17, 15) is 42.3 Å². The Kier molecular flexibility index (Phi) is 23.6. The van der Waals surface area contributed by atoms with Crippen molar-refractivity contribution in [3.05, 3.63) is 66.3 Å². The quantitative estimate of drug-likeness (QED) is 0.0412. The van der Waals surface area contributed by atoms with E-state index in [1.54, 1.807) is 144 Å². The van der Waals surface area contributed by atoms with Crippen LogP contribution in [0.3, 0.4) is 0 Å². The molecule has 0 saturated carbocycles. The van der Waals surface area contributed by atoms with Crippen LogP contribution in [0.5, 0.6) is 0 Å². The number of carbonyl (C=O) groups is 7. The highest BCUT2D eigenvalue weighted by molar-refractivity contribution is 7.80. The summed E-state index contributed by atoms with van der Waals surface area (Å²) in [4.78, 5) is 106. The van der Waals surface area contributed by atoms with Crippen molar-refractivity contribution < 1.29 is 66.0 Å². The second-order valence-corrected chi connectivity index (χ2v) is 24.7. The van der Waals surface area contributed by atoms with Gasteiger partial charge in [0.2, 0.25) is 11.8 Å². The van der Waals surface area contributed by atoms with E-state index >= 15 is 0 Å². The molecule has 0 fully saturated rings. The lowest BCUT2D eigenvalue weighted by Crippen LogP contribution is -2.51. The first kappa shape index (κ1) is 65.1. The molecule has 3 aromatic rings. The van der Waals surface area contributed by atoms with Crippen LogP contribution in [-0.4, -0.2) is 133 Å². The summed E-state index contributed by atoms with van der Waals surface area (Å²) in [5.41, 5.74) is -4.05. The third-order valence-corrected chi connectivity index (χ3v) is 11.2. The van der Waals surface area contributed by atoms with Crippen LogP contribution in [0.4, 0.5) is 5.69 Å². The minimum absolute atomic E-state index is 0.0215. The van der Waals surface area contributed by atoms with Gasteiger partial charge >= 0.3 is 29.8 Å². The molecule has 3 N–H and O–H groups in total. The highest BCUT2D eigenvalue weighted by atomic mass is 32.2. The van der Waals surface area contributed by atoms with Crippen LogP contribution in [0, 0.1) is 0 Å². The fourth-order valence-electron chi connectivity index (χ4n) is 7.80. The van der Waals surface area contributed by atoms with Crippen molar-refractivity contribution in [1.29, 1.82) is 0 Å². The van der Waals surface area contributed by atoms with Crippen molar-refractivity contribution in [1.82, 2.24) is 34.2 Å². The summed E-state index contributed by atoms with van der Waals surface area (Å²) in [7, 11) is 0. The number of esters is 5. The molecule has 77 heavy (non-hydrogen) atoms. The monoisotopic (exact) mass is 1100 g/mol. The Bertz CT molecular complexity index is 2380. The number of anilines is 1. The molecule has 1 unspecified atom stereocenters. The van der Waals surface area contributed by atoms with Crippen molar-refractivity contribution in [3.8, 4) is 0 Å². The number of carbonyl (C=O) groups excluding carboxylic acids is 7. The van der Waals surface area contributed by atoms with E-state index in [0.29, 0.717) is 30.3 Å². The Morgan fingerprint density at radius 3 is 1.32 bits per heavy atom. The molecule has 23 heteroatoms. The van der Waals surface area contributed by atoms with E-state index in [4.69, 9.17) is 23.7 Å². The SMILES string of the molecule is CC(C)(C)OC(=O)CCC(CCC(=O)OC(C)(C)C)(CCC(=O)OC(C)(C)C)NC(=O)Cn1ccnc1CN(CCc1ccc(NS(=O)O)cc1)Cc1nccn1CC(=O)N(CC(=O)OC(C)(C)C)CC(=O)OC(C)(C)C. The van der Waals surface area contributed by atoms with Gasteiger partial charge in [0.05, 0.1) is 13.1 Å². The first-order chi connectivity index (χ1) is 35.4. The predicted octanol–water partition coefficient (Wildman–Crippen LogP) is 6.61. The summed E-state index contributed by atoms with van der Waals surface area (Å²) in [6.45, 7) is 24.9. The zero-order valence-electron chi connectivity index (χ0n) is 47.9. The molecule has 2 amide bonds. The van der Waals surface area contributed by atoms with Gasteiger partial charge in [0.25, 0.3) is 11.3 Å². The number of aromatic nitrogens is 4. The summed E-state index contributed by atoms with van der Waals surface area (Å²) in [5, 5.41) is 3.11. The molecule has 0 bridgehead atoms. The highest BCUT2D eigenvalue weighted by Gasteiger charge is 2.36. The normalized spacial score (nSPS) is 12.8. The standard InChI is InChI=1S/C54H84N8O14S/c1-49(2,3)72-44(65)20-24-54(25-21-45(66)73-50(4,5)6,26-22-46(67)74-51(7,8)9)57-42(63)34-60-30-27-55-40(60)32-59(29-23-38-16-18-39(19-17-38)58-77(70)71)33-41-56-28-31-61(41)35-43(64)62(36-47(68)75-52(10,11)12)37-48(69)76-53(13,14)15/h16-19,27-28,30-31,58H,20-26,29,32-37H2,1-15H3,(H,57,63)(H,70,71). The number of imidazole rings is 2. The number of hydrogen-bond acceptors (Lipinski definition) is 16. The largest absolute Gasteiger partial charge is 0.460 e. The fraction of sp³-hybridized carbons (Fsp3) is 0.648. The highest BCUT2D eigenvalue weighted by Crippen LogP contribution is 2.29. The summed E-state index contributed by atoms with van der Waals surface area (Å²) < 4.78 is 54.2. The maximum Gasteiger partial charge on any atom is 0.326 e. The van der Waals surface area contributed by atoms with Gasteiger partial charge in [-0.05, 0) is 147 Å². The molecule has 3 rings (SSSR count). The number of ether oxygens (including phenoxy) is 5.